The van der Waals surface area contributed by atoms with Crippen LogP contribution in [0, 0.1) is 0 Å². The van der Waals surface area contributed by atoms with Crippen LogP contribution in [0.4, 0.5) is 0 Å². The first-order chi connectivity index (χ1) is 37.6. The highest BCUT2D eigenvalue weighted by Crippen LogP contribution is 2.37. The van der Waals surface area contributed by atoms with E-state index in [0.29, 0.717) is 12.4 Å². The predicted octanol–water partition coefficient (Wildman–Crippen LogP) is 10.2. The lowest BCUT2D eigenvalue weighted by Gasteiger charge is -2.49. The second-order valence-electron chi connectivity index (χ2n) is 18.5. The summed E-state index contributed by atoms with van der Waals surface area (Å²) < 4.78 is 80.5. The van der Waals surface area contributed by atoms with E-state index in [1.807, 2.05) is 200 Å². The Morgan fingerprint density at radius 2 is 0.711 bits per heavy atom. The van der Waals surface area contributed by atoms with Crippen molar-refractivity contribution in [1.82, 2.24) is 0 Å². The molecule has 0 spiro atoms. The second kappa shape index (κ2) is 29.1. The predicted molar refractivity (Wildman–Crippen MR) is 283 cm³/mol. The van der Waals surface area contributed by atoms with Crippen LogP contribution >= 0.6 is 0 Å². The number of para-hydroxylation sites is 1. The van der Waals surface area contributed by atoms with Crippen molar-refractivity contribution in [3.8, 4) is 5.75 Å². The summed E-state index contributed by atoms with van der Waals surface area (Å²) in [4.78, 5) is 14.3. The van der Waals surface area contributed by atoms with E-state index in [2.05, 4.69) is 0 Å². The molecule has 2 aliphatic heterocycles. The average molecular weight is 1030 g/mol. The van der Waals surface area contributed by atoms with E-state index < -0.39 is 74.0 Å². The molecule has 7 aromatic rings. The number of rotatable bonds is 27. The van der Waals surface area contributed by atoms with E-state index in [1.165, 1.54) is 0 Å². The molecule has 0 N–H and O–H groups in total. The summed E-state index contributed by atoms with van der Waals surface area (Å²) >= 11 is 0. The standard InChI is InChI=1S/C63H66O13/c1-65-62-60(58(71-41-50-31-17-6-18-32-50)56(69-39-48-27-13-4-14-28-48)53(73-62)43-66-37-46-23-9-2-10-24-46)76-63-61(75-55(64)45-68-52-35-21-8-22-36-52)59(72-42-51-33-19-7-20-34-51)57(70-40-49-29-15-5-16-30-49)54(74-63)44-67-38-47-25-11-3-12-26-47/h2-36,53-54,56-63H,37-45H2,1H3/t53-,54-,56-,57-,58+,59+,60+,61+,62+,63-/m1/s1. The number of carbonyl (C=O) groups is 1. The molecule has 0 amide bonds. The number of carbonyl (C=O) groups excluding carboxylic acids is 1. The lowest BCUT2D eigenvalue weighted by Crippen LogP contribution is -2.66. The van der Waals surface area contributed by atoms with Crippen LogP contribution in [-0.4, -0.2) is 94.3 Å². The van der Waals surface area contributed by atoms with E-state index in [9.17, 15) is 4.79 Å². The number of hydrogen-bond donors (Lipinski definition) is 0. The summed E-state index contributed by atoms with van der Waals surface area (Å²) in [7, 11) is 1.54. The number of benzene rings is 7. The highest BCUT2D eigenvalue weighted by Gasteiger charge is 2.55. The molecule has 0 aliphatic carbocycles. The summed E-state index contributed by atoms with van der Waals surface area (Å²) in [5, 5.41) is 0. The summed E-state index contributed by atoms with van der Waals surface area (Å²) in [6.45, 7) is 1.09. The first-order valence-corrected chi connectivity index (χ1v) is 25.8. The summed E-state index contributed by atoms with van der Waals surface area (Å²) in [5.41, 5.74) is 5.64. The van der Waals surface area contributed by atoms with Gasteiger partial charge in [0.15, 0.2) is 25.3 Å². The van der Waals surface area contributed by atoms with E-state index in [4.69, 9.17) is 56.8 Å². The van der Waals surface area contributed by atoms with Crippen LogP contribution in [0.5, 0.6) is 5.75 Å². The minimum Gasteiger partial charge on any atom is -0.482 e. The van der Waals surface area contributed by atoms with Crippen molar-refractivity contribution in [3.05, 3.63) is 246 Å². The molecule has 2 aliphatic rings. The Kier molecular flexibility index (Phi) is 20.7. The minimum atomic E-state index is -1.36. The summed E-state index contributed by atoms with van der Waals surface area (Å²) in [6, 6.07) is 68.2. The molecular formula is C63H66O13. The van der Waals surface area contributed by atoms with Gasteiger partial charge >= 0.3 is 5.97 Å². The molecule has 2 fully saturated rings. The van der Waals surface area contributed by atoms with Crippen LogP contribution in [0.3, 0.4) is 0 Å². The third-order valence-electron chi connectivity index (χ3n) is 13.0. The summed E-state index contributed by atoms with van der Waals surface area (Å²) in [6.07, 6.45) is -9.89. The third-order valence-corrected chi connectivity index (χ3v) is 13.0. The quantitative estimate of drug-likeness (QED) is 0.0454. The topological polar surface area (TPSA) is 128 Å². The van der Waals surface area contributed by atoms with Gasteiger partial charge in [-0.25, -0.2) is 4.79 Å². The normalized spacial score (nSPS) is 23.4. The Balaban J connectivity index is 1.09. The van der Waals surface area contributed by atoms with Gasteiger partial charge in [-0.15, -0.1) is 0 Å². The molecular weight excluding hydrogens is 965 g/mol. The van der Waals surface area contributed by atoms with Gasteiger partial charge in [0.1, 0.15) is 48.5 Å². The first-order valence-electron chi connectivity index (χ1n) is 25.8. The lowest BCUT2D eigenvalue weighted by atomic mass is 9.96. The van der Waals surface area contributed by atoms with Gasteiger partial charge < -0.3 is 56.8 Å². The minimum absolute atomic E-state index is 0.0453. The maximum absolute atomic E-state index is 14.3. The second-order valence-corrected chi connectivity index (χ2v) is 18.5. The zero-order chi connectivity index (χ0) is 52.0. The van der Waals surface area contributed by atoms with Crippen LogP contribution in [-0.2, 0) is 96.5 Å². The van der Waals surface area contributed by atoms with Gasteiger partial charge in [-0.3, -0.25) is 0 Å². The number of ether oxygens (including phenoxy) is 12. The molecule has 2 heterocycles. The Morgan fingerprint density at radius 3 is 1.09 bits per heavy atom. The van der Waals surface area contributed by atoms with Crippen molar-refractivity contribution < 1.29 is 61.6 Å². The SMILES string of the molecule is CO[C@H]1O[C@H](COCc2ccccc2)[C@@H](OCc2ccccc2)[C@H](OCc2ccccc2)[C@@H]1O[C@H]1O[C@H](COCc2ccccc2)[C@@H](OCc2ccccc2)[C@H](OCc2ccccc2)[C@@H]1OC(=O)COc1ccccc1. The van der Waals surface area contributed by atoms with Crippen molar-refractivity contribution in [2.75, 3.05) is 26.9 Å². The molecule has 0 unspecified atom stereocenters. The Labute approximate surface area is 445 Å². The van der Waals surface area contributed by atoms with Crippen molar-refractivity contribution in [2.24, 2.45) is 0 Å². The molecule has 10 atom stereocenters. The monoisotopic (exact) mass is 1030 g/mol. The smallest absolute Gasteiger partial charge is 0.344 e. The molecule has 13 nitrogen and oxygen atoms in total. The van der Waals surface area contributed by atoms with Crippen molar-refractivity contribution in [1.29, 1.82) is 0 Å². The van der Waals surface area contributed by atoms with Crippen LogP contribution in [0.2, 0.25) is 0 Å². The van der Waals surface area contributed by atoms with Crippen LogP contribution in [0.25, 0.3) is 0 Å². The first kappa shape index (κ1) is 54.2. The molecule has 396 valence electrons. The van der Waals surface area contributed by atoms with Gasteiger partial charge in [0.05, 0.1) is 52.9 Å². The maximum atomic E-state index is 14.3. The highest BCUT2D eigenvalue weighted by molar-refractivity contribution is 5.71. The van der Waals surface area contributed by atoms with Gasteiger partial charge in [0.2, 0.25) is 0 Å². The van der Waals surface area contributed by atoms with Crippen molar-refractivity contribution in [2.45, 2.75) is 101 Å². The fourth-order valence-electron chi connectivity index (χ4n) is 9.18. The van der Waals surface area contributed by atoms with Gasteiger partial charge in [-0.05, 0) is 45.5 Å². The number of hydrogen-bond acceptors (Lipinski definition) is 13. The molecule has 0 saturated carbocycles. The zero-order valence-corrected chi connectivity index (χ0v) is 42.7. The Morgan fingerprint density at radius 1 is 0.382 bits per heavy atom. The Bertz CT molecular complexity index is 2690. The van der Waals surface area contributed by atoms with Crippen molar-refractivity contribution in [3.63, 3.8) is 0 Å². The van der Waals surface area contributed by atoms with Crippen molar-refractivity contribution >= 4 is 5.97 Å². The molecule has 0 aromatic heterocycles. The van der Waals surface area contributed by atoms with E-state index in [0.717, 1.165) is 33.4 Å². The third kappa shape index (κ3) is 16.0. The molecule has 76 heavy (non-hydrogen) atoms. The van der Waals surface area contributed by atoms with Crippen LogP contribution in [0.1, 0.15) is 33.4 Å². The maximum Gasteiger partial charge on any atom is 0.344 e. The number of esters is 1. The van der Waals surface area contributed by atoms with Gasteiger partial charge in [0.25, 0.3) is 0 Å². The van der Waals surface area contributed by atoms with E-state index >= 15 is 0 Å². The fourth-order valence-corrected chi connectivity index (χ4v) is 9.18. The molecule has 0 bridgehead atoms. The summed E-state index contributed by atoms with van der Waals surface area (Å²) in [5.74, 6) is -0.201. The molecule has 13 heteroatoms. The largest absolute Gasteiger partial charge is 0.482 e. The number of methoxy groups -OCH3 is 1. The Hall–Kier alpha value is -6.59. The average Bonchev–Trinajstić information content (AvgIpc) is 3.47. The lowest BCUT2D eigenvalue weighted by molar-refractivity contribution is -0.377. The molecule has 0 radical (unpaired) electrons. The molecule has 2 saturated heterocycles. The van der Waals surface area contributed by atoms with Gasteiger partial charge in [-0.1, -0.05) is 200 Å². The molecule has 9 rings (SSSR count). The van der Waals surface area contributed by atoms with E-state index in [1.54, 1.807) is 19.2 Å². The van der Waals surface area contributed by atoms with E-state index in [-0.39, 0.29) is 46.2 Å². The molecule has 7 aromatic carbocycles. The van der Waals surface area contributed by atoms with Gasteiger partial charge in [0, 0.05) is 7.11 Å². The van der Waals surface area contributed by atoms with Crippen LogP contribution in [0.15, 0.2) is 212 Å². The van der Waals surface area contributed by atoms with Gasteiger partial charge in [-0.2, -0.15) is 0 Å². The highest BCUT2D eigenvalue weighted by atomic mass is 16.8. The zero-order valence-electron chi connectivity index (χ0n) is 42.7. The fraction of sp³-hybridized carbons (Fsp3) is 0.317. The van der Waals surface area contributed by atoms with Crippen LogP contribution < -0.4 is 4.74 Å².